The van der Waals surface area contributed by atoms with Gasteiger partial charge in [0.15, 0.2) is 0 Å². The van der Waals surface area contributed by atoms with Gasteiger partial charge in [-0.1, -0.05) is 0 Å². The van der Waals surface area contributed by atoms with Crippen molar-refractivity contribution in [3.63, 3.8) is 0 Å². The molecule has 0 heterocycles. The molecule has 0 saturated heterocycles. The van der Waals surface area contributed by atoms with E-state index < -0.39 is 13.1 Å². The predicted molar refractivity (Wildman–Crippen MR) is 41.5 cm³/mol. The highest BCUT2D eigenvalue weighted by atomic mass is 32.1. The van der Waals surface area contributed by atoms with Gasteiger partial charge in [-0.15, -0.1) is 0 Å². The molecule has 2 N–H and O–H groups in total. The van der Waals surface area contributed by atoms with Gasteiger partial charge in [0, 0.05) is 0 Å². The zero-order valence-corrected chi connectivity index (χ0v) is 7.59. The normalized spacial score (nSPS) is 14.5. The average Bonchev–Trinajstić information content (AvgIpc) is 1.80. The summed E-state index contributed by atoms with van der Waals surface area (Å²) in [7, 11) is -4.46. The summed E-state index contributed by atoms with van der Waals surface area (Å²) in [5, 5.41) is -0.775. The van der Waals surface area contributed by atoms with Gasteiger partial charge < -0.3 is 9.79 Å². The molecule has 0 aliphatic heterocycles. The third kappa shape index (κ3) is 6.52. The van der Waals surface area contributed by atoms with Gasteiger partial charge in [-0.2, -0.15) is 12.6 Å². The maximum atomic E-state index is 10.5. The van der Waals surface area contributed by atoms with Crippen molar-refractivity contribution in [1.29, 1.82) is 0 Å². The summed E-state index contributed by atoms with van der Waals surface area (Å²) in [5.41, 5.74) is 0. The summed E-state index contributed by atoms with van der Waals surface area (Å²) in [6, 6.07) is 0. The smallest absolute Gasteiger partial charge is 0.303 e. The molecule has 0 amide bonds. The number of ketones is 1. The summed E-state index contributed by atoms with van der Waals surface area (Å²) in [4.78, 5) is 26.8. The number of hydrogen-bond acceptors (Lipinski definition) is 4. The quantitative estimate of drug-likeness (QED) is 0.439. The topological polar surface area (TPSA) is 83.8 Å². The zero-order chi connectivity index (χ0) is 9.07. The molecule has 0 spiro atoms. The van der Waals surface area contributed by atoms with Gasteiger partial charge in [-0.05, 0) is 6.92 Å². The van der Waals surface area contributed by atoms with Gasteiger partial charge >= 0.3 is 7.82 Å². The standard InChI is InChI=1S/C4H9O5PS/c1-3(5)4(11)2-9-10(6,7)8/h4,11H,2H2,1H3,(H2,6,7,8). The molecule has 0 aromatic rings. The lowest BCUT2D eigenvalue weighted by molar-refractivity contribution is -0.116. The molecule has 7 heteroatoms. The van der Waals surface area contributed by atoms with Crippen molar-refractivity contribution >= 4 is 26.2 Å². The van der Waals surface area contributed by atoms with Crippen LogP contribution in [0.25, 0.3) is 0 Å². The van der Waals surface area contributed by atoms with E-state index in [4.69, 9.17) is 9.79 Å². The first-order valence-corrected chi connectivity index (χ1v) is 4.76. The number of hydrogen-bond donors (Lipinski definition) is 3. The van der Waals surface area contributed by atoms with Crippen LogP contribution in [0.4, 0.5) is 0 Å². The van der Waals surface area contributed by atoms with Crippen LogP contribution in [-0.2, 0) is 13.9 Å². The van der Waals surface area contributed by atoms with Crippen molar-refractivity contribution in [1.82, 2.24) is 0 Å². The van der Waals surface area contributed by atoms with Gasteiger partial charge in [0.05, 0.1) is 11.9 Å². The Labute approximate surface area is 69.4 Å². The highest BCUT2D eigenvalue weighted by Crippen LogP contribution is 2.35. The highest BCUT2D eigenvalue weighted by Gasteiger charge is 2.18. The fraction of sp³-hybridized carbons (Fsp3) is 0.750. The van der Waals surface area contributed by atoms with Crippen LogP contribution in [0.5, 0.6) is 0 Å². The lowest BCUT2D eigenvalue weighted by Crippen LogP contribution is -2.16. The first-order valence-electron chi connectivity index (χ1n) is 2.71. The van der Waals surface area contributed by atoms with Crippen LogP contribution in [0.15, 0.2) is 0 Å². The van der Waals surface area contributed by atoms with Crippen LogP contribution in [0.2, 0.25) is 0 Å². The fourth-order valence-electron chi connectivity index (χ4n) is 0.285. The molecule has 0 radical (unpaired) electrons. The van der Waals surface area contributed by atoms with Gasteiger partial charge in [0.2, 0.25) is 0 Å². The second-order valence-corrected chi connectivity index (χ2v) is 3.78. The molecule has 11 heavy (non-hydrogen) atoms. The minimum absolute atomic E-state index is 0.290. The monoisotopic (exact) mass is 200 g/mol. The molecular formula is C4H9O5PS. The molecule has 0 aliphatic carbocycles. The molecule has 0 saturated carbocycles. The van der Waals surface area contributed by atoms with Crippen LogP contribution < -0.4 is 0 Å². The van der Waals surface area contributed by atoms with Crippen LogP contribution in [0.3, 0.4) is 0 Å². The predicted octanol–water partition coefficient (Wildman–Crippen LogP) is -0.0169. The Kier molecular flexibility index (Phi) is 4.28. The summed E-state index contributed by atoms with van der Waals surface area (Å²) >= 11 is 3.72. The molecular weight excluding hydrogens is 191 g/mol. The second kappa shape index (κ2) is 4.23. The molecule has 0 rings (SSSR count). The fourth-order valence-corrected chi connectivity index (χ4v) is 0.820. The number of carbonyl (C=O) groups is 1. The maximum Gasteiger partial charge on any atom is 0.469 e. The van der Waals surface area contributed by atoms with Crippen molar-refractivity contribution in [2.24, 2.45) is 0 Å². The van der Waals surface area contributed by atoms with E-state index in [0.717, 1.165) is 0 Å². The molecule has 1 atom stereocenters. The van der Waals surface area contributed by atoms with Crippen molar-refractivity contribution in [3.8, 4) is 0 Å². The van der Waals surface area contributed by atoms with Crippen molar-refractivity contribution in [2.75, 3.05) is 6.61 Å². The van der Waals surface area contributed by atoms with Gasteiger partial charge in [0.25, 0.3) is 0 Å². The van der Waals surface area contributed by atoms with E-state index in [9.17, 15) is 9.36 Å². The Morgan fingerprint density at radius 2 is 2.18 bits per heavy atom. The lowest BCUT2D eigenvalue weighted by Gasteiger charge is -2.07. The molecule has 5 nitrogen and oxygen atoms in total. The van der Waals surface area contributed by atoms with E-state index >= 15 is 0 Å². The van der Waals surface area contributed by atoms with Gasteiger partial charge in [0.1, 0.15) is 5.78 Å². The summed E-state index contributed by atoms with van der Waals surface area (Å²) < 4.78 is 14.1. The molecule has 0 bridgehead atoms. The van der Waals surface area contributed by atoms with E-state index in [1.54, 1.807) is 0 Å². The molecule has 0 aromatic carbocycles. The third-order valence-corrected chi connectivity index (χ3v) is 1.87. The molecule has 0 fully saturated rings. The molecule has 66 valence electrons. The first-order chi connectivity index (χ1) is 4.83. The largest absolute Gasteiger partial charge is 0.469 e. The maximum absolute atomic E-state index is 10.5. The minimum atomic E-state index is -4.46. The van der Waals surface area contributed by atoms with Crippen molar-refractivity contribution in [3.05, 3.63) is 0 Å². The van der Waals surface area contributed by atoms with Crippen LogP contribution in [0.1, 0.15) is 6.92 Å². The van der Waals surface area contributed by atoms with E-state index in [-0.39, 0.29) is 12.4 Å². The second-order valence-electron chi connectivity index (χ2n) is 1.91. The zero-order valence-electron chi connectivity index (χ0n) is 5.80. The Hall–Kier alpha value is 0.130. The van der Waals surface area contributed by atoms with Crippen molar-refractivity contribution < 1.29 is 23.7 Å². The van der Waals surface area contributed by atoms with Crippen LogP contribution >= 0.6 is 20.5 Å². The SMILES string of the molecule is CC(=O)C(S)COP(=O)(O)O. The summed E-state index contributed by atoms with van der Waals surface area (Å²) in [6.07, 6.45) is 0. The van der Waals surface area contributed by atoms with Crippen LogP contribution in [-0.4, -0.2) is 27.4 Å². The Balaban J connectivity index is 3.72. The Morgan fingerprint density at radius 3 is 2.45 bits per heavy atom. The van der Waals surface area contributed by atoms with E-state index in [0.29, 0.717) is 0 Å². The molecule has 0 aliphatic rings. The van der Waals surface area contributed by atoms with Crippen molar-refractivity contribution in [2.45, 2.75) is 12.2 Å². The lowest BCUT2D eigenvalue weighted by atomic mass is 10.3. The molecule has 0 aromatic heterocycles. The third-order valence-electron chi connectivity index (χ3n) is 0.870. The van der Waals surface area contributed by atoms with Gasteiger partial charge in [-0.25, -0.2) is 4.57 Å². The number of carbonyl (C=O) groups excluding carboxylic acids is 1. The number of rotatable bonds is 4. The first kappa shape index (κ1) is 11.1. The summed E-state index contributed by atoms with van der Waals surface area (Å²) in [6.45, 7) is 0.892. The number of thiol groups is 1. The van der Waals surface area contributed by atoms with E-state index in [2.05, 4.69) is 17.2 Å². The average molecular weight is 200 g/mol. The Bertz CT molecular complexity index is 187. The van der Waals surface area contributed by atoms with Gasteiger partial charge in [-0.3, -0.25) is 9.32 Å². The van der Waals surface area contributed by atoms with E-state index in [1.165, 1.54) is 6.92 Å². The highest BCUT2D eigenvalue weighted by molar-refractivity contribution is 7.81. The molecule has 1 unspecified atom stereocenters. The number of Topliss-reactive ketones (excluding diaryl/α,β-unsaturated/α-hetero) is 1. The minimum Gasteiger partial charge on any atom is -0.303 e. The van der Waals surface area contributed by atoms with Crippen LogP contribution in [0, 0.1) is 0 Å². The van der Waals surface area contributed by atoms with E-state index in [1.807, 2.05) is 0 Å². The summed E-state index contributed by atoms with van der Waals surface area (Å²) in [5.74, 6) is -0.290. The number of phosphoric acid groups is 1. The number of phosphoric ester groups is 1. The Morgan fingerprint density at radius 1 is 1.73 bits per heavy atom.